The van der Waals surface area contributed by atoms with Gasteiger partial charge in [-0.2, -0.15) is 0 Å². The molecule has 0 fully saturated rings. The summed E-state index contributed by atoms with van der Waals surface area (Å²) in [5.41, 5.74) is 5.05. The quantitative estimate of drug-likeness (QED) is 0.390. The number of carbonyl (C=O) groups is 2. The number of phenolic OH excluding ortho intramolecular Hbond substituents is 1. The third-order valence-corrected chi connectivity index (χ3v) is 7.81. The predicted octanol–water partition coefficient (Wildman–Crippen LogP) is 0.551. The van der Waals surface area contributed by atoms with E-state index in [1.165, 1.54) is 0 Å². The normalized spacial score (nSPS) is 25.4. The fraction of sp³-hybridized carbons (Fsp3) is 0.360. The van der Waals surface area contributed by atoms with E-state index >= 15 is 0 Å². The number of aromatic hydroxyl groups is 1. The van der Waals surface area contributed by atoms with E-state index in [9.17, 15) is 30.0 Å². The van der Waals surface area contributed by atoms with Crippen molar-refractivity contribution < 1.29 is 30.0 Å². The molecular formula is C25H27BN4O6. The Labute approximate surface area is 208 Å². The number of amides is 1. The third kappa shape index (κ3) is 3.02. The molecule has 0 saturated carbocycles. The number of aliphatic hydroxyl groups excluding tert-OH is 2. The van der Waals surface area contributed by atoms with Crippen LogP contribution in [-0.2, 0) is 18.3 Å². The molecule has 36 heavy (non-hydrogen) atoms. The van der Waals surface area contributed by atoms with Gasteiger partial charge in [-0.15, -0.1) is 0 Å². The van der Waals surface area contributed by atoms with Gasteiger partial charge < -0.3 is 0 Å². The van der Waals surface area contributed by atoms with E-state index in [1.54, 1.807) is 24.0 Å². The third-order valence-electron chi connectivity index (χ3n) is 7.81. The number of allylic oxidation sites excluding steroid dienone is 2. The summed E-state index contributed by atoms with van der Waals surface area (Å²) < 4.78 is 1.58. The van der Waals surface area contributed by atoms with Crippen LogP contribution >= 0.6 is 0 Å². The van der Waals surface area contributed by atoms with Crippen LogP contribution < -0.4 is 10.6 Å². The average Bonchev–Trinajstić information content (AvgIpc) is 3.21. The molecule has 6 N–H and O–H groups in total. The number of aromatic nitrogens is 2. The van der Waals surface area contributed by atoms with E-state index in [0.717, 1.165) is 5.69 Å². The Balaban J connectivity index is 1.74. The molecule has 2 aromatic rings. The van der Waals surface area contributed by atoms with Crippen molar-refractivity contribution in [3.8, 4) is 17.0 Å². The van der Waals surface area contributed by atoms with Gasteiger partial charge in [-0.3, -0.25) is 0 Å². The number of ketones is 1. The van der Waals surface area contributed by atoms with Gasteiger partial charge in [0, 0.05) is 0 Å². The summed E-state index contributed by atoms with van der Waals surface area (Å²) in [4.78, 5) is 27.8. The summed E-state index contributed by atoms with van der Waals surface area (Å²) >= 11 is 0. The van der Waals surface area contributed by atoms with Crippen molar-refractivity contribution in [1.29, 1.82) is 0 Å². The van der Waals surface area contributed by atoms with Crippen molar-refractivity contribution in [2.75, 3.05) is 19.0 Å². The molecule has 0 unspecified atom stereocenters. The number of fused-ring (bicyclic) bond motifs is 3. The molecule has 0 aliphatic heterocycles. The second kappa shape index (κ2) is 7.82. The van der Waals surface area contributed by atoms with E-state index in [-0.39, 0.29) is 46.5 Å². The Morgan fingerprint density at radius 2 is 1.97 bits per heavy atom. The molecule has 10 nitrogen and oxygen atoms in total. The molecule has 1 aromatic heterocycles. The molecule has 3 aliphatic rings. The van der Waals surface area contributed by atoms with Gasteiger partial charge >= 0.3 is 208 Å². The number of phenols is 1. The molecule has 0 radical (unpaired) electrons. The zero-order valence-corrected chi connectivity index (χ0v) is 20.2. The molecule has 5 rings (SSSR count). The number of aryl methyl sites for hydroxylation is 1. The van der Waals surface area contributed by atoms with Gasteiger partial charge in [0.25, 0.3) is 0 Å². The van der Waals surface area contributed by atoms with Crippen molar-refractivity contribution in [2.45, 2.75) is 24.9 Å². The van der Waals surface area contributed by atoms with Crippen LogP contribution in [0, 0.1) is 11.8 Å². The molecule has 1 amide bonds. The van der Waals surface area contributed by atoms with Gasteiger partial charge in [-0.1, -0.05) is 0 Å². The molecule has 0 bridgehead atoms. The maximum absolute atomic E-state index is 14.0. The number of aliphatic hydroxyl groups is 3. The second-order valence-electron chi connectivity index (χ2n) is 9.94. The van der Waals surface area contributed by atoms with E-state index in [0.29, 0.717) is 23.2 Å². The van der Waals surface area contributed by atoms with Crippen LogP contribution in [0.1, 0.15) is 28.8 Å². The monoisotopic (exact) mass is 490 g/mol. The van der Waals surface area contributed by atoms with Crippen molar-refractivity contribution in [1.82, 2.24) is 9.78 Å². The van der Waals surface area contributed by atoms with Crippen LogP contribution in [0.2, 0.25) is 0 Å². The van der Waals surface area contributed by atoms with Crippen LogP contribution in [0.15, 0.2) is 41.0 Å². The summed E-state index contributed by atoms with van der Waals surface area (Å²) in [6.07, 6.45) is 2.04. The van der Waals surface area contributed by atoms with Crippen LogP contribution in [0.5, 0.6) is 5.75 Å². The molecule has 1 aromatic carbocycles. The van der Waals surface area contributed by atoms with Gasteiger partial charge in [0.1, 0.15) is 0 Å². The van der Waals surface area contributed by atoms with Crippen molar-refractivity contribution in [3.05, 3.63) is 52.1 Å². The number of benzene rings is 1. The SMILES string of the molecule is B=C1C(C(N)=O)=C(O)C[C@@H]2C[C@@H]3Cc4c(N(C)C)cc(-c5ccnn5C)c(O)c4C(=O)C3=C(O)[C@]12O. The maximum atomic E-state index is 14.0. The molecule has 0 spiro atoms. The topological polar surface area (TPSA) is 162 Å². The van der Waals surface area contributed by atoms with E-state index in [2.05, 4.69) is 12.6 Å². The van der Waals surface area contributed by atoms with Crippen molar-refractivity contribution >= 4 is 30.3 Å². The minimum absolute atomic E-state index is 0.0326. The fourth-order valence-corrected chi connectivity index (χ4v) is 6.08. The first-order valence-electron chi connectivity index (χ1n) is 11.6. The number of hydrogen-bond donors (Lipinski definition) is 5. The van der Waals surface area contributed by atoms with Gasteiger partial charge in [-0.25, -0.2) is 0 Å². The van der Waals surface area contributed by atoms with Crippen LogP contribution in [0.3, 0.4) is 0 Å². The Morgan fingerprint density at radius 1 is 1.28 bits per heavy atom. The fourth-order valence-electron chi connectivity index (χ4n) is 6.08. The predicted molar refractivity (Wildman–Crippen MR) is 134 cm³/mol. The van der Waals surface area contributed by atoms with Crippen LogP contribution in [0.25, 0.3) is 11.3 Å². The standard InChI is InChI=1S/C25H27BN4O6/c1-29(2)15-9-13(14-4-5-28-30(14)3)20(32)18-12(15)7-10-6-11-8-16(31)19(24(27)35)22(26)25(11,36)23(34)17(10)21(18)33/h4-5,9-11,26,31-32,34,36H,6-8H2,1-3H3,(H2,27,35)/t10-,11+,25-/m1/s1. The van der Waals surface area contributed by atoms with Crippen molar-refractivity contribution in [3.63, 3.8) is 0 Å². The first kappa shape index (κ1) is 23.9. The summed E-state index contributed by atoms with van der Waals surface area (Å²) in [7, 11) is 9.15. The number of nitrogens with zero attached hydrogens (tertiary/aromatic N) is 3. The van der Waals surface area contributed by atoms with E-state index in [4.69, 9.17) is 5.73 Å². The number of primary amides is 1. The minimum atomic E-state index is -2.14. The summed E-state index contributed by atoms with van der Waals surface area (Å²) in [5.74, 6) is -3.95. The second-order valence-corrected chi connectivity index (χ2v) is 9.94. The number of Topliss-reactive ketones (excluding diaryl/α,β-unsaturated/α-hetero) is 1. The number of nitrogens with two attached hydrogens (primary N) is 1. The molecule has 1 heterocycles. The van der Waals surface area contributed by atoms with Gasteiger partial charge in [0.2, 0.25) is 0 Å². The van der Waals surface area contributed by atoms with Crippen LogP contribution in [0.4, 0.5) is 5.69 Å². The number of hydrogen-bond acceptors (Lipinski definition) is 8. The zero-order chi connectivity index (χ0) is 26.3. The Bertz CT molecular complexity index is 1440. The molecule has 0 saturated heterocycles. The Morgan fingerprint density at radius 3 is 2.56 bits per heavy atom. The average molecular weight is 490 g/mol. The molecular weight excluding hydrogens is 463 g/mol. The number of anilines is 1. The van der Waals surface area contributed by atoms with E-state index in [1.807, 2.05) is 25.1 Å². The molecule has 3 atom stereocenters. The first-order chi connectivity index (χ1) is 16.9. The Hall–Kier alpha value is -3.86. The molecule has 186 valence electrons. The van der Waals surface area contributed by atoms with Gasteiger partial charge in [0.05, 0.1) is 0 Å². The molecule has 3 aliphatic carbocycles. The summed E-state index contributed by atoms with van der Waals surface area (Å²) in [6, 6.07) is 3.53. The summed E-state index contributed by atoms with van der Waals surface area (Å²) in [6.45, 7) is 0. The van der Waals surface area contributed by atoms with Crippen molar-refractivity contribution in [2.24, 2.45) is 24.6 Å². The first-order valence-corrected chi connectivity index (χ1v) is 11.6. The van der Waals surface area contributed by atoms with Gasteiger partial charge in [0.15, 0.2) is 0 Å². The van der Waals surface area contributed by atoms with E-state index < -0.39 is 34.9 Å². The molecule has 11 heteroatoms. The zero-order valence-electron chi connectivity index (χ0n) is 20.2. The number of carbonyl (C=O) groups excluding carboxylic acids is 2. The van der Waals surface area contributed by atoms with Gasteiger partial charge in [-0.05, 0) is 0 Å². The number of rotatable bonds is 3. The van der Waals surface area contributed by atoms with Crippen LogP contribution in [-0.4, -0.2) is 74.5 Å². The summed E-state index contributed by atoms with van der Waals surface area (Å²) in [5, 5.41) is 48.9. The Kier molecular flexibility index (Phi) is 5.19.